The van der Waals surface area contributed by atoms with Crippen LogP contribution in [-0.2, 0) is 14.3 Å². The number of rotatable bonds is 6. The maximum absolute atomic E-state index is 12.1. The Hall–Kier alpha value is -1.89. The summed E-state index contributed by atoms with van der Waals surface area (Å²) < 4.78 is 4.65. The third kappa shape index (κ3) is 4.86. The number of nitrogens with one attached hydrogen (secondary N) is 2. The fourth-order valence-electron chi connectivity index (χ4n) is 1.64. The summed E-state index contributed by atoms with van der Waals surface area (Å²) in [5.41, 5.74) is 0. The third-order valence-electron chi connectivity index (χ3n) is 2.91. The molecule has 2 atom stereocenters. The van der Waals surface area contributed by atoms with Gasteiger partial charge < -0.3 is 15.4 Å². The van der Waals surface area contributed by atoms with E-state index in [0.717, 1.165) is 0 Å². The summed E-state index contributed by atoms with van der Waals surface area (Å²) in [6.45, 7) is 5.17. The molecule has 21 heavy (non-hydrogen) atoms. The van der Waals surface area contributed by atoms with E-state index in [1.807, 2.05) is 0 Å². The van der Waals surface area contributed by atoms with Gasteiger partial charge in [0.1, 0.15) is 12.1 Å². The Morgan fingerprint density at radius 2 is 1.86 bits per heavy atom. The number of hydrogen-bond acceptors (Lipinski definition) is 5. The summed E-state index contributed by atoms with van der Waals surface area (Å²) in [7, 11) is 1.27. The van der Waals surface area contributed by atoms with Crippen molar-refractivity contribution in [3.8, 4) is 0 Å². The second-order valence-corrected chi connectivity index (χ2v) is 5.87. The molecule has 0 aliphatic rings. The molecule has 2 amide bonds. The van der Waals surface area contributed by atoms with E-state index in [1.54, 1.807) is 38.3 Å². The Bertz CT molecular complexity index is 499. The molecule has 0 spiro atoms. The van der Waals surface area contributed by atoms with Crippen LogP contribution in [-0.4, -0.2) is 37.0 Å². The van der Waals surface area contributed by atoms with Gasteiger partial charge in [-0.3, -0.25) is 9.59 Å². The van der Waals surface area contributed by atoms with Crippen LogP contribution in [0.25, 0.3) is 0 Å². The molecule has 1 aromatic heterocycles. The number of carbonyl (C=O) groups is 3. The normalized spacial score (nSPS) is 13.4. The van der Waals surface area contributed by atoms with E-state index in [-0.39, 0.29) is 11.8 Å². The predicted molar refractivity (Wildman–Crippen MR) is 80.0 cm³/mol. The van der Waals surface area contributed by atoms with Crippen LogP contribution in [0.3, 0.4) is 0 Å². The van der Waals surface area contributed by atoms with Gasteiger partial charge in [0.2, 0.25) is 5.91 Å². The standard InChI is InChI=1S/C14H20N2O4S/c1-8(2)11(14(19)20-4)16-12(17)9(3)15-13(18)10-6-5-7-21-10/h5-9,11H,1-4H3,(H,15,18)(H,16,17). The molecule has 0 aliphatic heterocycles. The quantitative estimate of drug-likeness (QED) is 0.773. The van der Waals surface area contributed by atoms with Crippen molar-refractivity contribution < 1.29 is 19.1 Å². The summed E-state index contributed by atoms with van der Waals surface area (Å²) in [5, 5.41) is 6.97. The fraction of sp³-hybridized carbons (Fsp3) is 0.500. The van der Waals surface area contributed by atoms with Crippen LogP contribution < -0.4 is 10.6 Å². The number of ether oxygens (including phenoxy) is 1. The van der Waals surface area contributed by atoms with Gasteiger partial charge in [-0.25, -0.2) is 4.79 Å². The third-order valence-corrected chi connectivity index (χ3v) is 3.77. The van der Waals surface area contributed by atoms with Crippen molar-refractivity contribution in [2.75, 3.05) is 7.11 Å². The Balaban J connectivity index is 2.61. The SMILES string of the molecule is COC(=O)C(NC(=O)C(C)NC(=O)c1cccs1)C(C)C. The van der Waals surface area contributed by atoms with Gasteiger partial charge in [0, 0.05) is 0 Å². The first-order valence-corrected chi connectivity index (χ1v) is 7.47. The number of thiophene rings is 1. The van der Waals surface area contributed by atoms with Crippen LogP contribution in [0.1, 0.15) is 30.4 Å². The van der Waals surface area contributed by atoms with Gasteiger partial charge in [-0.05, 0) is 24.3 Å². The number of methoxy groups -OCH3 is 1. The highest BCUT2D eigenvalue weighted by Gasteiger charge is 2.27. The van der Waals surface area contributed by atoms with E-state index in [0.29, 0.717) is 4.88 Å². The van der Waals surface area contributed by atoms with Crippen molar-refractivity contribution >= 4 is 29.1 Å². The molecule has 2 unspecified atom stereocenters. The van der Waals surface area contributed by atoms with Crippen molar-refractivity contribution in [3.05, 3.63) is 22.4 Å². The number of amides is 2. The summed E-state index contributed by atoms with van der Waals surface area (Å²) in [5.74, 6) is -1.35. The second kappa shape index (κ2) is 7.78. The Labute approximate surface area is 127 Å². The van der Waals surface area contributed by atoms with E-state index in [4.69, 9.17) is 0 Å². The lowest BCUT2D eigenvalue weighted by atomic mass is 10.0. The van der Waals surface area contributed by atoms with Gasteiger partial charge in [0.05, 0.1) is 12.0 Å². The highest BCUT2D eigenvalue weighted by molar-refractivity contribution is 7.12. The van der Waals surface area contributed by atoms with Crippen LogP contribution in [0.15, 0.2) is 17.5 Å². The van der Waals surface area contributed by atoms with Crippen molar-refractivity contribution in [1.82, 2.24) is 10.6 Å². The zero-order valence-electron chi connectivity index (χ0n) is 12.5. The molecule has 1 aromatic rings. The van der Waals surface area contributed by atoms with E-state index in [2.05, 4.69) is 15.4 Å². The lowest BCUT2D eigenvalue weighted by molar-refractivity contribution is -0.146. The van der Waals surface area contributed by atoms with Crippen molar-refractivity contribution in [2.45, 2.75) is 32.9 Å². The molecule has 0 aliphatic carbocycles. The highest BCUT2D eigenvalue weighted by Crippen LogP contribution is 2.08. The van der Waals surface area contributed by atoms with Gasteiger partial charge in [-0.1, -0.05) is 19.9 Å². The second-order valence-electron chi connectivity index (χ2n) is 4.93. The zero-order chi connectivity index (χ0) is 16.0. The topological polar surface area (TPSA) is 84.5 Å². The summed E-state index contributed by atoms with van der Waals surface area (Å²) in [6.07, 6.45) is 0. The average molecular weight is 312 g/mol. The molecule has 7 heteroatoms. The Morgan fingerprint density at radius 3 is 2.33 bits per heavy atom. The van der Waals surface area contributed by atoms with Gasteiger partial charge in [0.15, 0.2) is 0 Å². The fourth-order valence-corrected chi connectivity index (χ4v) is 2.27. The molecule has 116 valence electrons. The average Bonchev–Trinajstić information content (AvgIpc) is 2.97. The molecule has 1 rings (SSSR count). The first-order valence-electron chi connectivity index (χ1n) is 6.59. The van der Waals surface area contributed by atoms with Crippen LogP contribution in [0, 0.1) is 5.92 Å². The number of esters is 1. The molecule has 6 nitrogen and oxygen atoms in total. The first kappa shape index (κ1) is 17.2. The maximum Gasteiger partial charge on any atom is 0.328 e. The molecule has 0 aromatic carbocycles. The monoisotopic (exact) mass is 312 g/mol. The molecule has 0 radical (unpaired) electrons. The molecule has 0 fully saturated rings. The highest BCUT2D eigenvalue weighted by atomic mass is 32.1. The molecule has 0 saturated carbocycles. The molecular weight excluding hydrogens is 292 g/mol. The van der Waals surface area contributed by atoms with E-state index >= 15 is 0 Å². The molecule has 0 bridgehead atoms. The van der Waals surface area contributed by atoms with Crippen LogP contribution in [0.2, 0.25) is 0 Å². The number of carbonyl (C=O) groups excluding carboxylic acids is 3. The van der Waals surface area contributed by atoms with Gasteiger partial charge in [-0.2, -0.15) is 0 Å². The van der Waals surface area contributed by atoms with Gasteiger partial charge in [0.25, 0.3) is 5.91 Å². The minimum Gasteiger partial charge on any atom is -0.467 e. The summed E-state index contributed by atoms with van der Waals surface area (Å²) in [6, 6.07) is 1.96. The largest absolute Gasteiger partial charge is 0.467 e. The smallest absolute Gasteiger partial charge is 0.328 e. The molecule has 0 saturated heterocycles. The summed E-state index contributed by atoms with van der Waals surface area (Å²) >= 11 is 1.29. The minimum atomic E-state index is -0.745. The number of hydrogen-bond donors (Lipinski definition) is 2. The summed E-state index contributed by atoms with van der Waals surface area (Å²) in [4.78, 5) is 36.0. The molecular formula is C14H20N2O4S. The molecule has 2 N–H and O–H groups in total. The first-order chi connectivity index (χ1) is 9.86. The van der Waals surface area contributed by atoms with Crippen molar-refractivity contribution in [3.63, 3.8) is 0 Å². The van der Waals surface area contributed by atoms with Crippen molar-refractivity contribution in [2.24, 2.45) is 5.92 Å². The van der Waals surface area contributed by atoms with Gasteiger partial charge in [-0.15, -0.1) is 11.3 Å². The lowest BCUT2D eigenvalue weighted by Crippen LogP contribution is -2.52. The van der Waals surface area contributed by atoms with E-state index < -0.39 is 24.0 Å². The maximum atomic E-state index is 12.1. The minimum absolute atomic E-state index is 0.110. The predicted octanol–water partition coefficient (Wildman–Crippen LogP) is 1.18. The van der Waals surface area contributed by atoms with Crippen LogP contribution in [0.4, 0.5) is 0 Å². The van der Waals surface area contributed by atoms with Crippen molar-refractivity contribution in [1.29, 1.82) is 0 Å². The van der Waals surface area contributed by atoms with Crippen LogP contribution in [0.5, 0.6) is 0 Å². The van der Waals surface area contributed by atoms with Gasteiger partial charge >= 0.3 is 5.97 Å². The lowest BCUT2D eigenvalue weighted by Gasteiger charge is -2.22. The zero-order valence-corrected chi connectivity index (χ0v) is 13.3. The Morgan fingerprint density at radius 1 is 1.19 bits per heavy atom. The molecule has 1 heterocycles. The van der Waals surface area contributed by atoms with Crippen LogP contribution >= 0.6 is 11.3 Å². The van der Waals surface area contributed by atoms with E-state index in [1.165, 1.54) is 18.4 Å². The Kier molecular flexibility index (Phi) is 6.36. The van der Waals surface area contributed by atoms with E-state index in [9.17, 15) is 14.4 Å².